The van der Waals surface area contributed by atoms with Gasteiger partial charge in [-0.05, 0) is 50.5 Å². The van der Waals surface area contributed by atoms with Gasteiger partial charge in [-0.1, -0.05) is 31.9 Å². The summed E-state index contributed by atoms with van der Waals surface area (Å²) in [4.78, 5) is 11.8. The number of ether oxygens (including phenoxy) is 2. The van der Waals surface area contributed by atoms with E-state index in [0.717, 1.165) is 52.9 Å². The van der Waals surface area contributed by atoms with Crippen molar-refractivity contribution in [3.63, 3.8) is 0 Å². The summed E-state index contributed by atoms with van der Waals surface area (Å²) < 4.78 is 13.3. The normalized spacial score (nSPS) is 14.1. The fourth-order valence-corrected chi connectivity index (χ4v) is 4.47. The Morgan fingerprint density at radius 1 is 1.13 bits per heavy atom. The molecule has 0 unspecified atom stereocenters. The number of rotatable bonds is 7. The second kappa shape index (κ2) is 9.33. The number of aromatic nitrogens is 1. The Hall–Kier alpha value is -3.15. The maximum atomic E-state index is 11.8. The second-order valence-corrected chi connectivity index (χ2v) is 8.02. The molecular weight excluding hydrogens is 390 g/mol. The highest BCUT2D eigenvalue weighted by Crippen LogP contribution is 2.43. The van der Waals surface area contributed by atoms with Crippen LogP contribution in [-0.4, -0.2) is 23.9 Å². The first-order valence-corrected chi connectivity index (χ1v) is 11.2. The first-order chi connectivity index (χ1) is 15.1. The number of nitrogens with two attached hydrogens (primary N) is 1. The van der Waals surface area contributed by atoms with Crippen molar-refractivity contribution in [1.82, 2.24) is 4.57 Å². The average molecular weight is 422 g/mol. The van der Waals surface area contributed by atoms with Crippen LogP contribution in [-0.2, 0) is 4.74 Å². The topological polar surface area (TPSA) is 78.5 Å². The van der Waals surface area contributed by atoms with Gasteiger partial charge in [-0.3, -0.25) is 5.32 Å². The van der Waals surface area contributed by atoms with Gasteiger partial charge in [0, 0.05) is 28.7 Å². The molecule has 1 heterocycles. The molecule has 3 N–H and O–H groups in total. The summed E-state index contributed by atoms with van der Waals surface area (Å²) in [6.07, 6.45) is 5.13. The van der Waals surface area contributed by atoms with E-state index in [9.17, 15) is 4.79 Å². The Bertz CT molecular complexity index is 1050. The van der Waals surface area contributed by atoms with Crippen LogP contribution >= 0.6 is 0 Å². The van der Waals surface area contributed by atoms with Gasteiger partial charge < -0.3 is 19.8 Å². The van der Waals surface area contributed by atoms with E-state index < -0.39 is 6.09 Å². The van der Waals surface area contributed by atoms with Crippen molar-refractivity contribution in [3.05, 3.63) is 42.5 Å². The van der Waals surface area contributed by atoms with Gasteiger partial charge in [-0.2, -0.15) is 0 Å². The van der Waals surface area contributed by atoms with Crippen LogP contribution in [0.2, 0.25) is 0 Å². The SMILES string of the molecule is CCCOC(=O)Nc1ccc(-c2c(N)c3ccc(OCC)cc3n2C2CCCC2)cc1. The van der Waals surface area contributed by atoms with Gasteiger partial charge in [-0.15, -0.1) is 0 Å². The first kappa shape index (κ1) is 21.1. The van der Waals surface area contributed by atoms with Crippen LogP contribution in [0, 0.1) is 0 Å². The van der Waals surface area contributed by atoms with Crippen LogP contribution in [0.5, 0.6) is 5.75 Å². The molecule has 0 atom stereocenters. The van der Waals surface area contributed by atoms with Crippen molar-refractivity contribution in [2.75, 3.05) is 24.3 Å². The van der Waals surface area contributed by atoms with Crippen LogP contribution in [0.1, 0.15) is 52.0 Å². The van der Waals surface area contributed by atoms with E-state index in [4.69, 9.17) is 15.2 Å². The van der Waals surface area contributed by atoms with E-state index in [1.165, 1.54) is 12.8 Å². The number of hydrogen-bond acceptors (Lipinski definition) is 4. The van der Waals surface area contributed by atoms with Gasteiger partial charge in [0.15, 0.2) is 0 Å². The van der Waals surface area contributed by atoms with Gasteiger partial charge >= 0.3 is 6.09 Å². The number of hydrogen-bond donors (Lipinski definition) is 2. The largest absolute Gasteiger partial charge is 0.494 e. The highest BCUT2D eigenvalue weighted by Gasteiger charge is 2.25. The lowest BCUT2D eigenvalue weighted by molar-refractivity contribution is 0.161. The van der Waals surface area contributed by atoms with E-state index in [1.54, 1.807) is 0 Å². The van der Waals surface area contributed by atoms with E-state index in [0.29, 0.717) is 24.9 Å². The van der Waals surface area contributed by atoms with Gasteiger partial charge in [0.2, 0.25) is 0 Å². The lowest BCUT2D eigenvalue weighted by Crippen LogP contribution is -2.14. The Morgan fingerprint density at radius 3 is 2.55 bits per heavy atom. The third kappa shape index (κ3) is 4.33. The summed E-state index contributed by atoms with van der Waals surface area (Å²) in [5.74, 6) is 0.864. The molecule has 164 valence electrons. The number of nitrogen functional groups attached to an aromatic ring is 1. The molecule has 0 radical (unpaired) electrons. The number of anilines is 2. The fourth-order valence-electron chi connectivity index (χ4n) is 4.47. The lowest BCUT2D eigenvalue weighted by Gasteiger charge is -2.19. The minimum atomic E-state index is -0.433. The molecule has 0 aliphatic heterocycles. The molecule has 6 heteroatoms. The molecule has 1 aliphatic carbocycles. The zero-order valence-electron chi connectivity index (χ0n) is 18.3. The molecule has 1 aromatic heterocycles. The standard InChI is InChI=1S/C25H31N3O3/c1-3-15-31-25(29)27-18-11-9-17(10-12-18)24-23(26)21-14-13-20(30-4-2)16-22(21)28(24)19-7-5-6-8-19/h9-14,16,19H,3-8,15,26H2,1-2H3,(H,27,29). The van der Waals surface area contributed by atoms with Crippen LogP contribution < -0.4 is 15.8 Å². The molecule has 0 bridgehead atoms. The monoisotopic (exact) mass is 421 g/mol. The zero-order valence-corrected chi connectivity index (χ0v) is 18.3. The van der Waals surface area contributed by atoms with Crippen LogP contribution in [0.25, 0.3) is 22.2 Å². The molecule has 4 rings (SSSR count). The summed E-state index contributed by atoms with van der Waals surface area (Å²) in [6.45, 7) is 5.00. The smallest absolute Gasteiger partial charge is 0.411 e. The minimum Gasteiger partial charge on any atom is -0.494 e. The van der Waals surface area contributed by atoms with E-state index >= 15 is 0 Å². The maximum Gasteiger partial charge on any atom is 0.411 e. The first-order valence-electron chi connectivity index (χ1n) is 11.2. The summed E-state index contributed by atoms with van der Waals surface area (Å²) in [6, 6.07) is 14.4. The van der Waals surface area contributed by atoms with Crippen molar-refractivity contribution in [1.29, 1.82) is 0 Å². The van der Waals surface area contributed by atoms with Crippen LogP contribution in [0.4, 0.5) is 16.2 Å². The molecule has 1 saturated carbocycles. The lowest BCUT2D eigenvalue weighted by atomic mass is 10.1. The summed E-state index contributed by atoms with van der Waals surface area (Å²) in [7, 11) is 0. The summed E-state index contributed by atoms with van der Waals surface area (Å²) >= 11 is 0. The summed E-state index contributed by atoms with van der Waals surface area (Å²) in [5.41, 5.74) is 11.4. The van der Waals surface area contributed by atoms with Crippen LogP contribution in [0.3, 0.4) is 0 Å². The molecule has 0 spiro atoms. The Balaban J connectivity index is 1.73. The number of nitrogens with zero attached hydrogens (tertiary/aromatic N) is 1. The molecule has 31 heavy (non-hydrogen) atoms. The molecule has 1 fully saturated rings. The van der Waals surface area contributed by atoms with Gasteiger partial charge in [-0.25, -0.2) is 4.79 Å². The number of benzene rings is 2. The molecule has 3 aromatic rings. The zero-order chi connectivity index (χ0) is 21.8. The summed E-state index contributed by atoms with van der Waals surface area (Å²) in [5, 5.41) is 3.82. The molecule has 2 aromatic carbocycles. The molecular formula is C25H31N3O3. The van der Waals surface area contributed by atoms with Crippen LogP contribution in [0.15, 0.2) is 42.5 Å². The number of fused-ring (bicyclic) bond motifs is 1. The molecule has 0 saturated heterocycles. The highest BCUT2D eigenvalue weighted by molar-refractivity contribution is 6.01. The van der Waals surface area contributed by atoms with Crippen molar-refractivity contribution < 1.29 is 14.3 Å². The van der Waals surface area contributed by atoms with Gasteiger partial charge in [0.05, 0.1) is 30.1 Å². The third-order valence-electron chi connectivity index (χ3n) is 5.86. The number of carbonyl (C=O) groups excluding carboxylic acids is 1. The molecule has 6 nitrogen and oxygen atoms in total. The second-order valence-electron chi connectivity index (χ2n) is 8.02. The fraction of sp³-hybridized carbons (Fsp3) is 0.400. The average Bonchev–Trinajstić information content (AvgIpc) is 3.39. The number of amides is 1. The molecule has 1 amide bonds. The quantitative estimate of drug-likeness (QED) is 0.465. The number of nitrogens with one attached hydrogen (secondary N) is 1. The highest BCUT2D eigenvalue weighted by atomic mass is 16.5. The predicted octanol–water partition coefficient (Wildman–Crippen LogP) is 6.36. The van der Waals surface area contributed by atoms with Gasteiger partial charge in [0.1, 0.15) is 5.75 Å². The van der Waals surface area contributed by atoms with E-state index in [2.05, 4.69) is 22.0 Å². The minimum absolute atomic E-state index is 0.408. The van der Waals surface area contributed by atoms with Gasteiger partial charge in [0.25, 0.3) is 0 Å². The predicted molar refractivity (Wildman–Crippen MR) is 126 cm³/mol. The van der Waals surface area contributed by atoms with Crippen molar-refractivity contribution in [2.45, 2.75) is 52.0 Å². The Morgan fingerprint density at radius 2 is 1.87 bits per heavy atom. The maximum absolute atomic E-state index is 11.8. The number of carbonyl (C=O) groups is 1. The third-order valence-corrected chi connectivity index (χ3v) is 5.86. The van der Waals surface area contributed by atoms with Crippen molar-refractivity contribution in [2.24, 2.45) is 0 Å². The molecule has 1 aliphatic rings. The van der Waals surface area contributed by atoms with Crippen molar-refractivity contribution in [3.8, 4) is 17.0 Å². The Labute approximate surface area is 183 Å². The van der Waals surface area contributed by atoms with E-state index in [1.807, 2.05) is 44.2 Å². The Kier molecular flexibility index (Phi) is 6.35. The van der Waals surface area contributed by atoms with E-state index in [-0.39, 0.29) is 0 Å². The van der Waals surface area contributed by atoms with Crippen molar-refractivity contribution >= 4 is 28.4 Å².